The summed E-state index contributed by atoms with van der Waals surface area (Å²) < 4.78 is 0. The predicted octanol–water partition coefficient (Wildman–Crippen LogP) is 0.648. The lowest BCUT2D eigenvalue weighted by molar-refractivity contribution is -0.0000110. The summed E-state index contributed by atoms with van der Waals surface area (Å²) in [6.07, 6.45) is 4.33. The van der Waals surface area contributed by atoms with Crippen LogP contribution >= 0.6 is 7.26 Å². The predicted molar refractivity (Wildman–Crippen MR) is 147 cm³/mol. The Morgan fingerprint density at radius 3 is 1.42 bits per heavy atom. The van der Waals surface area contributed by atoms with Crippen LogP contribution in [0.3, 0.4) is 0 Å². The SMILES string of the molecule is OCC(O)CCCC(CCCC[P+](c1ccccc1)(c1ccccc1)c1ccccc1)C(O)CO.[I-]. The lowest BCUT2D eigenvalue weighted by atomic mass is 9.90. The molecule has 4 nitrogen and oxygen atoms in total. The fourth-order valence-electron chi connectivity index (χ4n) is 5.02. The molecule has 0 aromatic heterocycles. The number of hydrogen-bond acceptors (Lipinski definition) is 4. The van der Waals surface area contributed by atoms with Gasteiger partial charge in [0.1, 0.15) is 23.2 Å². The Morgan fingerprint density at radius 1 is 0.556 bits per heavy atom. The number of hydrogen-bond donors (Lipinski definition) is 4. The highest BCUT2D eigenvalue weighted by molar-refractivity contribution is 7.95. The zero-order chi connectivity index (χ0) is 24.9. The average molecular weight is 623 g/mol. The van der Waals surface area contributed by atoms with Crippen molar-refractivity contribution in [2.45, 2.75) is 50.7 Å². The fourth-order valence-corrected chi connectivity index (χ4v) is 9.43. The van der Waals surface area contributed by atoms with Crippen LogP contribution in [-0.4, -0.2) is 52.0 Å². The largest absolute Gasteiger partial charge is 1.00 e. The summed E-state index contributed by atoms with van der Waals surface area (Å²) in [6.45, 7) is -0.486. The second-order valence-electron chi connectivity index (χ2n) is 9.31. The van der Waals surface area contributed by atoms with Gasteiger partial charge in [-0.1, -0.05) is 61.0 Å². The number of benzene rings is 3. The van der Waals surface area contributed by atoms with Crippen LogP contribution in [0.15, 0.2) is 91.0 Å². The summed E-state index contributed by atoms with van der Waals surface area (Å²) in [7, 11) is -1.85. The molecule has 3 unspecified atom stereocenters. The molecule has 0 aliphatic heterocycles. The van der Waals surface area contributed by atoms with E-state index in [0.717, 1.165) is 38.3 Å². The van der Waals surface area contributed by atoms with Crippen molar-refractivity contribution in [2.75, 3.05) is 19.4 Å². The molecule has 0 fully saturated rings. The van der Waals surface area contributed by atoms with E-state index >= 15 is 0 Å². The van der Waals surface area contributed by atoms with Gasteiger partial charge < -0.3 is 44.4 Å². The van der Waals surface area contributed by atoms with Gasteiger partial charge in [-0.15, -0.1) is 0 Å². The van der Waals surface area contributed by atoms with Gasteiger partial charge in [-0.2, -0.15) is 0 Å². The number of halogens is 1. The van der Waals surface area contributed by atoms with Gasteiger partial charge in [0, 0.05) is 0 Å². The molecule has 0 amide bonds. The van der Waals surface area contributed by atoms with Gasteiger partial charge in [-0.3, -0.25) is 0 Å². The van der Waals surface area contributed by atoms with E-state index in [-0.39, 0.29) is 43.1 Å². The van der Waals surface area contributed by atoms with Gasteiger partial charge in [-0.05, 0) is 74.4 Å². The van der Waals surface area contributed by atoms with Crippen LogP contribution in [0.5, 0.6) is 0 Å². The maximum absolute atomic E-state index is 10.4. The highest BCUT2D eigenvalue weighted by Crippen LogP contribution is 2.56. The second kappa shape index (κ2) is 16.5. The first-order chi connectivity index (χ1) is 17.1. The van der Waals surface area contributed by atoms with Crippen molar-refractivity contribution in [1.82, 2.24) is 0 Å². The minimum absolute atomic E-state index is 0. The van der Waals surface area contributed by atoms with Crippen molar-refractivity contribution >= 4 is 23.2 Å². The van der Waals surface area contributed by atoms with Crippen LogP contribution < -0.4 is 39.9 Å². The second-order valence-corrected chi connectivity index (χ2v) is 12.9. The van der Waals surface area contributed by atoms with Crippen molar-refractivity contribution in [2.24, 2.45) is 5.92 Å². The number of aliphatic hydroxyl groups is 4. The molecule has 0 saturated carbocycles. The Kier molecular flexibility index (Phi) is 14.1. The third kappa shape index (κ3) is 8.34. The van der Waals surface area contributed by atoms with Gasteiger partial charge in [0.2, 0.25) is 0 Å². The monoisotopic (exact) mass is 622 g/mol. The first-order valence-electron chi connectivity index (χ1n) is 12.7. The Morgan fingerprint density at radius 2 is 1.00 bits per heavy atom. The number of aliphatic hydroxyl groups excluding tert-OH is 4. The molecule has 0 spiro atoms. The average Bonchev–Trinajstić information content (AvgIpc) is 2.93. The minimum atomic E-state index is -1.85. The summed E-state index contributed by atoms with van der Waals surface area (Å²) in [4.78, 5) is 0. The summed E-state index contributed by atoms with van der Waals surface area (Å²) in [5.41, 5.74) is 0. The lowest BCUT2D eigenvalue weighted by Crippen LogP contribution is -3.00. The minimum Gasteiger partial charge on any atom is -1.00 e. The quantitative estimate of drug-likeness (QED) is 0.114. The molecule has 3 aromatic rings. The Hall–Kier alpha value is -1.34. The van der Waals surface area contributed by atoms with E-state index in [1.165, 1.54) is 15.9 Å². The van der Waals surface area contributed by atoms with E-state index in [4.69, 9.17) is 5.11 Å². The molecule has 0 saturated heterocycles. The first kappa shape index (κ1) is 30.9. The Balaban J connectivity index is 0.00000456. The molecule has 3 atom stereocenters. The van der Waals surface area contributed by atoms with Crippen LogP contribution in [0.1, 0.15) is 38.5 Å². The zero-order valence-electron chi connectivity index (χ0n) is 20.9. The van der Waals surface area contributed by atoms with Crippen molar-refractivity contribution in [3.63, 3.8) is 0 Å². The molecule has 36 heavy (non-hydrogen) atoms. The Bertz CT molecular complexity index is 862. The standard InChI is InChI=1S/C30H40O4P.HI/c31-23-26(33)15-12-14-25(30(34)24-32)13-10-11-22-35(27-16-4-1-5-17-27,28-18-6-2-7-19-28)29-20-8-3-9-21-29;/h1-9,16-21,25-26,30-34H,10-15,22-24H2;1H/q+1;/p-1. The molecule has 6 heteroatoms. The van der Waals surface area contributed by atoms with Crippen LogP contribution in [0.4, 0.5) is 0 Å². The van der Waals surface area contributed by atoms with Gasteiger partial charge in [0.05, 0.1) is 31.6 Å². The van der Waals surface area contributed by atoms with Crippen LogP contribution in [0.2, 0.25) is 0 Å². The van der Waals surface area contributed by atoms with Crippen molar-refractivity contribution in [1.29, 1.82) is 0 Å². The van der Waals surface area contributed by atoms with E-state index in [1.54, 1.807) is 0 Å². The molecule has 0 bridgehead atoms. The van der Waals surface area contributed by atoms with Gasteiger partial charge in [0.15, 0.2) is 0 Å². The van der Waals surface area contributed by atoms with E-state index in [9.17, 15) is 15.3 Å². The molecule has 3 aromatic carbocycles. The summed E-state index contributed by atoms with van der Waals surface area (Å²) in [5.74, 6) is -0.0104. The molecule has 0 radical (unpaired) electrons. The van der Waals surface area contributed by atoms with Crippen LogP contribution in [0, 0.1) is 5.92 Å². The van der Waals surface area contributed by atoms with Gasteiger partial charge >= 0.3 is 0 Å². The number of rotatable bonds is 15. The van der Waals surface area contributed by atoms with E-state index < -0.39 is 19.5 Å². The van der Waals surface area contributed by atoms with Crippen molar-refractivity contribution < 1.29 is 44.4 Å². The smallest absolute Gasteiger partial charge is 0.112 e. The topological polar surface area (TPSA) is 80.9 Å². The molecular formula is C30H40IO4P. The molecular weight excluding hydrogens is 582 g/mol. The van der Waals surface area contributed by atoms with Crippen LogP contribution in [0.25, 0.3) is 0 Å². The summed E-state index contributed by atoms with van der Waals surface area (Å²) in [5, 5.41) is 42.8. The molecule has 4 N–H and O–H groups in total. The van der Waals surface area contributed by atoms with E-state index in [2.05, 4.69) is 91.0 Å². The van der Waals surface area contributed by atoms with Gasteiger partial charge in [0.25, 0.3) is 0 Å². The molecule has 0 aliphatic carbocycles. The van der Waals surface area contributed by atoms with Crippen LogP contribution in [-0.2, 0) is 0 Å². The zero-order valence-corrected chi connectivity index (χ0v) is 23.9. The first-order valence-corrected chi connectivity index (χ1v) is 14.7. The van der Waals surface area contributed by atoms with Gasteiger partial charge in [-0.25, -0.2) is 0 Å². The molecule has 0 aliphatic rings. The van der Waals surface area contributed by atoms with E-state index in [0.29, 0.717) is 6.42 Å². The molecule has 3 rings (SSSR count). The molecule has 196 valence electrons. The maximum atomic E-state index is 10.4. The third-order valence-electron chi connectivity index (χ3n) is 6.96. The Labute approximate surface area is 233 Å². The van der Waals surface area contributed by atoms with Crippen molar-refractivity contribution in [3.8, 4) is 0 Å². The normalized spacial score (nSPS) is 14.0. The highest BCUT2D eigenvalue weighted by atomic mass is 127. The lowest BCUT2D eigenvalue weighted by Gasteiger charge is -2.28. The fraction of sp³-hybridized carbons (Fsp3) is 0.400. The van der Waals surface area contributed by atoms with E-state index in [1.807, 2.05) is 0 Å². The third-order valence-corrected chi connectivity index (χ3v) is 11.5. The number of unbranched alkanes of at least 4 members (excludes halogenated alkanes) is 1. The summed E-state index contributed by atoms with van der Waals surface area (Å²) in [6, 6.07) is 32.6. The maximum Gasteiger partial charge on any atom is 0.112 e. The highest BCUT2D eigenvalue weighted by Gasteiger charge is 2.44. The summed E-state index contributed by atoms with van der Waals surface area (Å²) >= 11 is 0. The molecule has 0 heterocycles. The van der Waals surface area contributed by atoms with Crippen molar-refractivity contribution in [3.05, 3.63) is 91.0 Å².